The highest BCUT2D eigenvalue weighted by Gasteiger charge is 2.33. The number of hydrogen-bond donors (Lipinski definition) is 3. The summed E-state index contributed by atoms with van der Waals surface area (Å²) >= 11 is 0. The first-order valence-electron chi connectivity index (χ1n) is 11.9. The fourth-order valence-corrected chi connectivity index (χ4v) is 5.27. The van der Waals surface area contributed by atoms with E-state index in [-0.39, 0.29) is 23.5 Å². The Balaban J connectivity index is 1.22. The molecule has 6 rings (SSSR count). The number of aromatic hydroxyl groups is 1. The van der Waals surface area contributed by atoms with Gasteiger partial charge in [0.15, 0.2) is 11.6 Å². The lowest BCUT2D eigenvalue weighted by atomic mass is 9.83. The van der Waals surface area contributed by atoms with Gasteiger partial charge in [-0.15, -0.1) is 10.2 Å². The highest BCUT2D eigenvalue weighted by molar-refractivity contribution is 5.97. The van der Waals surface area contributed by atoms with Crippen LogP contribution in [0.5, 0.6) is 5.75 Å². The van der Waals surface area contributed by atoms with Crippen molar-refractivity contribution in [1.29, 1.82) is 0 Å². The van der Waals surface area contributed by atoms with Crippen LogP contribution in [0.2, 0.25) is 0 Å². The number of fused-ring (bicyclic) bond motifs is 3. The van der Waals surface area contributed by atoms with Crippen molar-refractivity contribution >= 4 is 22.7 Å². The van der Waals surface area contributed by atoms with Gasteiger partial charge >= 0.3 is 0 Å². The van der Waals surface area contributed by atoms with Crippen molar-refractivity contribution in [2.45, 2.75) is 69.1 Å². The summed E-state index contributed by atoms with van der Waals surface area (Å²) in [6, 6.07) is 10.7. The average Bonchev–Trinajstić information content (AvgIpc) is 3.53. The van der Waals surface area contributed by atoms with E-state index in [9.17, 15) is 9.90 Å². The molecule has 4 heterocycles. The standard InChI is InChI=1S/C25H29N5O3/c1-30(18-11-16-3-2-4-17(12-18)26-16)24-8-7-20(28-29-24)19-13-22-14(9-21(19)31)10-23(33-22)25(32)27-15-5-6-15/h7-10,13,15-18,26,31H,2-6,11-12H2,1H3,(H,27,32)/t16-,17+,18?. The fourth-order valence-electron chi connectivity index (χ4n) is 5.27. The number of amides is 1. The van der Waals surface area contributed by atoms with Gasteiger partial charge in [-0.1, -0.05) is 6.42 Å². The first-order chi connectivity index (χ1) is 16.0. The number of carbonyl (C=O) groups excluding carboxylic acids is 1. The molecule has 2 aliphatic heterocycles. The molecule has 2 aromatic heterocycles. The van der Waals surface area contributed by atoms with E-state index in [1.54, 1.807) is 18.2 Å². The Morgan fingerprint density at radius 3 is 2.61 bits per heavy atom. The molecule has 3 N–H and O–H groups in total. The molecule has 1 saturated carbocycles. The maximum absolute atomic E-state index is 12.3. The topological polar surface area (TPSA) is 104 Å². The normalized spacial score (nSPS) is 24.6. The van der Waals surface area contributed by atoms with E-state index < -0.39 is 0 Å². The number of nitrogens with one attached hydrogen (secondary N) is 2. The number of anilines is 1. The lowest BCUT2D eigenvalue weighted by molar-refractivity contribution is 0.0925. The molecular formula is C25H29N5O3. The molecule has 0 spiro atoms. The van der Waals surface area contributed by atoms with Crippen molar-refractivity contribution in [1.82, 2.24) is 20.8 Å². The van der Waals surface area contributed by atoms with Crippen LogP contribution >= 0.6 is 0 Å². The number of piperidine rings is 2. The van der Waals surface area contributed by atoms with Gasteiger partial charge in [0, 0.05) is 42.2 Å². The predicted octanol–water partition coefficient (Wildman–Crippen LogP) is 3.60. The molecule has 2 saturated heterocycles. The van der Waals surface area contributed by atoms with Crippen LogP contribution in [0.1, 0.15) is 55.5 Å². The Morgan fingerprint density at radius 2 is 1.91 bits per heavy atom. The SMILES string of the molecule is CN(c1ccc(-c2cc3oc(C(=O)NC4CC4)cc3cc2O)nn1)C1C[C@H]2CCC[C@@H](C1)N2. The van der Waals surface area contributed by atoms with Crippen molar-refractivity contribution in [3.05, 3.63) is 36.1 Å². The van der Waals surface area contributed by atoms with Crippen LogP contribution in [0.25, 0.3) is 22.2 Å². The third-order valence-corrected chi connectivity index (χ3v) is 7.30. The van der Waals surface area contributed by atoms with Crippen molar-refractivity contribution in [3.8, 4) is 17.0 Å². The van der Waals surface area contributed by atoms with Gasteiger partial charge in [0.1, 0.15) is 11.3 Å². The number of nitrogens with zero attached hydrogens (tertiary/aromatic N) is 3. The van der Waals surface area contributed by atoms with Gasteiger partial charge in [0.25, 0.3) is 5.91 Å². The number of phenolic OH excluding ortho intramolecular Hbond substituents is 1. The van der Waals surface area contributed by atoms with Crippen LogP contribution in [0.4, 0.5) is 5.82 Å². The number of aromatic nitrogens is 2. The van der Waals surface area contributed by atoms with E-state index in [4.69, 9.17) is 4.42 Å². The number of rotatable bonds is 5. The minimum atomic E-state index is -0.219. The maximum Gasteiger partial charge on any atom is 0.287 e. The summed E-state index contributed by atoms with van der Waals surface area (Å²) in [4.78, 5) is 14.5. The summed E-state index contributed by atoms with van der Waals surface area (Å²) in [5, 5.41) is 26.8. The highest BCUT2D eigenvalue weighted by atomic mass is 16.3. The Morgan fingerprint density at radius 1 is 1.12 bits per heavy atom. The Kier molecular flexibility index (Phi) is 4.98. The van der Waals surface area contributed by atoms with E-state index in [1.165, 1.54) is 19.3 Å². The summed E-state index contributed by atoms with van der Waals surface area (Å²) in [7, 11) is 2.09. The molecule has 1 unspecified atom stereocenters. The Hall–Kier alpha value is -3.13. The average molecular weight is 448 g/mol. The van der Waals surface area contributed by atoms with Crippen molar-refractivity contribution < 1.29 is 14.3 Å². The van der Waals surface area contributed by atoms with Crippen LogP contribution < -0.4 is 15.5 Å². The van der Waals surface area contributed by atoms with Gasteiger partial charge in [-0.25, -0.2) is 0 Å². The first kappa shape index (κ1) is 20.5. The van der Waals surface area contributed by atoms with Crippen LogP contribution in [0.15, 0.2) is 34.7 Å². The number of furan rings is 1. The third-order valence-electron chi connectivity index (χ3n) is 7.30. The second-order valence-electron chi connectivity index (χ2n) is 9.77. The van der Waals surface area contributed by atoms with Crippen LogP contribution in [-0.2, 0) is 0 Å². The van der Waals surface area contributed by atoms with Crippen molar-refractivity contribution in [3.63, 3.8) is 0 Å². The zero-order valence-corrected chi connectivity index (χ0v) is 18.8. The summed E-state index contributed by atoms with van der Waals surface area (Å²) in [5.74, 6) is 0.951. The highest BCUT2D eigenvalue weighted by Crippen LogP contribution is 2.35. The van der Waals surface area contributed by atoms with Gasteiger partial charge in [0.2, 0.25) is 0 Å². The van der Waals surface area contributed by atoms with Gasteiger partial charge in [-0.05, 0) is 68.9 Å². The van der Waals surface area contributed by atoms with Crippen molar-refractivity contribution in [2.75, 3.05) is 11.9 Å². The molecule has 3 aliphatic rings. The van der Waals surface area contributed by atoms with Crippen LogP contribution in [0.3, 0.4) is 0 Å². The number of phenols is 1. The molecule has 0 radical (unpaired) electrons. The monoisotopic (exact) mass is 447 g/mol. The van der Waals surface area contributed by atoms with E-state index in [2.05, 4.69) is 32.8 Å². The quantitative estimate of drug-likeness (QED) is 0.549. The van der Waals surface area contributed by atoms with E-state index in [0.29, 0.717) is 40.4 Å². The zero-order chi connectivity index (χ0) is 22.5. The van der Waals surface area contributed by atoms with Crippen molar-refractivity contribution in [2.24, 2.45) is 0 Å². The van der Waals surface area contributed by atoms with E-state index in [0.717, 1.165) is 31.5 Å². The lowest BCUT2D eigenvalue weighted by Crippen LogP contribution is -2.54. The van der Waals surface area contributed by atoms with Gasteiger partial charge in [-0.3, -0.25) is 4.79 Å². The van der Waals surface area contributed by atoms with Crippen LogP contribution in [0, 0.1) is 0 Å². The summed E-state index contributed by atoms with van der Waals surface area (Å²) in [5.41, 5.74) is 1.63. The lowest BCUT2D eigenvalue weighted by Gasteiger charge is -2.43. The second kappa shape index (κ2) is 8.02. The predicted molar refractivity (Wildman–Crippen MR) is 125 cm³/mol. The van der Waals surface area contributed by atoms with Gasteiger partial charge < -0.3 is 25.1 Å². The Labute approximate surface area is 192 Å². The summed E-state index contributed by atoms with van der Waals surface area (Å²) in [6.07, 6.45) is 8.11. The molecule has 8 heteroatoms. The molecule has 1 aromatic carbocycles. The molecule has 172 valence electrons. The molecule has 1 amide bonds. The minimum absolute atomic E-state index is 0.0824. The zero-order valence-electron chi connectivity index (χ0n) is 18.8. The molecule has 3 aromatic rings. The Bertz CT molecular complexity index is 1170. The number of benzene rings is 1. The smallest absolute Gasteiger partial charge is 0.287 e. The number of hydrogen-bond acceptors (Lipinski definition) is 7. The molecular weight excluding hydrogens is 418 g/mol. The van der Waals surface area contributed by atoms with E-state index in [1.807, 2.05) is 12.1 Å². The summed E-state index contributed by atoms with van der Waals surface area (Å²) in [6.45, 7) is 0. The van der Waals surface area contributed by atoms with E-state index >= 15 is 0 Å². The van der Waals surface area contributed by atoms with Gasteiger partial charge in [0.05, 0.1) is 5.69 Å². The van der Waals surface area contributed by atoms with Gasteiger partial charge in [-0.2, -0.15) is 0 Å². The second-order valence-corrected chi connectivity index (χ2v) is 9.77. The summed E-state index contributed by atoms with van der Waals surface area (Å²) < 4.78 is 5.77. The molecule has 3 fully saturated rings. The molecule has 1 aliphatic carbocycles. The number of carbonyl (C=O) groups is 1. The fraction of sp³-hybridized carbons (Fsp3) is 0.480. The largest absolute Gasteiger partial charge is 0.507 e. The maximum atomic E-state index is 12.3. The first-order valence-corrected chi connectivity index (χ1v) is 11.9. The van der Waals surface area contributed by atoms with Crippen LogP contribution in [-0.4, -0.2) is 52.4 Å². The minimum Gasteiger partial charge on any atom is -0.507 e. The molecule has 2 bridgehead atoms. The third kappa shape index (κ3) is 4.04. The molecule has 33 heavy (non-hydrogen) atoms. The molecule has 8 nitrogen and oxygen atoms in total. The molecule has 3 atom stereocenters.